The Morgan fingerprint density at radius 1 is 1.12 bits per heavy atom. The van der Waals surface area contributed by atoms with Gasteiger partial charge in [-0.2, -0.15) is 0 Å². The third-order valence-corrected chi connectivity index (χ3v) is 8.52. The van der Waals surface area contributed by atoms with Crippen LogP contribution in [0.3, 0.4) is 0 Å². The lowest BCUT2D eigenvalue weighted by Crippen LogP contribution is -2.52. The lowest BCUT2D eigenvalue weighted by Gasteiger charge is -2.44. The molecule has 0 aromatic carbocycles. The zero-order chi connectivity index (χ0) is 18.0. The molecule has 1 heterocycles. The molecule has 0 aromatic rings. The van der Waals surface area contributed by atoms with E-state index in [1.807, 2.05) is 6.92 Å². The zero-order valence-electron chi connectivity index (χ0n) is 15.7. The standard InChI is InChI=1S/C18H33N3O3S.ClH/c1-2-10-25(23,24)21-8-6-16(7-9-21)20-18(22)15-11-13-4-3-5-14(12-15)17(13)19;/h13-17H,2-12,19H2,1H3,(H,20,22);1H. The Balaban J connectivity index is 0.00000243. The molecule has 1 saturated heterocycles. The molecule has 1 aliphatic heterocycles. The first-order valence-corrected chi connectivity index (χ1v) is 11.6. The van der Waals surface area contributed by atoms with Crippen LogP contribution in [0.1, 0.15) is 58.3 Å². The molecule has 2 unspecified atom stereocenters. The number of hydrogen-bond donors (Lipinski definition) is 2. The van der Waals surface area contributed by atoms with E-state index < -0.39 is 10.0 Å². The third kappa shape index (κ3) is 4.91. The van der Waals surface area contributed by atoms with Crippen molar-refractivity contribution in [1.29, 1.82) is 0 Å². The number of sulfonamides is 1. The van der Waals surface area contributed by atoms with Gasteiger partial charge in [-0.05, 0) is 56.8 Å². The Labute approximate surface area is 164 Å². The highest BCUT2D eigenvalue weighted by atomic mass is 35.5. The summed E-state index contributed by atoms with van der Waals surface area (Å²) in [5, 5.41) is 3.20. The summed E-state index contributed by atoms with van der Waals surface area (Å²) < 4.78 is 25.8. The van der Waals surface area contributed by atoms with Crippen molar-refractivity contribution in [1.82, 2.24) is 9.62 Å². The first-order valence-electron chi connectivity index (χ1n) is 9.94. The molecule has 3 rings (SSSR count). The Hall–Kier alpha value is -0.370. The number of hydrogen-bond acceptors (Lipinski definition) is 4. The predicted molar refractivity (Wildman–Crippen MR) is 106 cm³/mol. The van der Waals surface area contributed by atoms with E-state index in [1.54, 1.807) is 4.31 Å². The van der Waals surface area contributed by atoms with Crippen LogP contribution in [-0.4, -0.2) is 49.6 Å². The van der Waals surface area contributed by atoms with Crippen molar-refractivity contribution in [2.45, 2.75) is 70.4 Å². The fourth-order valence-corrected chi connectivity index (χ4v) is 6.53. The van der Waals surface area contributed by atoms with E-state index in [-0.39, 0.29) is 42.1 Å². The first-order chi connectivity index (χ1) is 11.9. The minimum absolute atomic E-state index is 0. The van der Waals surface area contributed by atoms with Crippen LogP contribution in [0.15, 0.2) is 0 Å². The number of rotatable bonds is 5. The molecule has 8 heteroatoms. The van der Waals surface area contributed by atoms with E-state index in [9.17, 15) is 13.2 Å². The maximum atomic E-state index is 12.7. The van der Waals surface area contributed by atoms with E-state index in [2.05, 4.69) is 5.32 Å². The smallest absolute Gasteiger partial charge is 0.223 e. The summed E-state index contributed by atoms with van der Waals surface area (Å²) in [7, 11) is -3.12. The van der Waals surface area contributed by atoms with Crippen molar-refractivity contribution in [3.63, 3.8) is 0 Å². The van der Waals surface area contributed by atoms with Crippen molar-refractivity contribution < 1.29 is 13.2 Å². The summed E-state index contributed by atoms with van der Waals surface area (Å²) in [4.78, 5) is 12.7. The topological polar surface area (TPSA) is 92.5 Å². The van der Waals surface area contributed by atoms with Gasteiger partial charge >= 0.3 is 0 Å². The van der Waals surface area contributed by atoms with Crippen LogP contribution in [-0.2, 0) is 14.8 Å². The van der Waals surface area contributed by atoms with Gasteiger partial charge < -0.3 is 11.1 Å². The number of carbonyl (C=O) groups excluding carboxylic acids is 1. The van der Waals surface area contributed by atoms with Crippen molar-refractivity contribution in [2.24, 2.45) is 23.5 Å². The van der Waals surface area contributed by atoms with Gasteiger partial charge in [0.05, 0.1) is 5.75 Å². The number of piperidine rings is 1. The second-order valence-corrected chi connectivity index (χ2v) is 10.3. The second-order valence-electron chi connectivity index (χ2n) is 8.19. The minimum atomic E-state index is -3.12. The van der Waals surface area contributed by atoms with Crippen LogP contribution in [0.25, 0.3) is 0 Å². The van der Waals surface area contributed by atoms with Crippen LogP contribution < -0.4 is 11.1 Å². The maximum absolute atomic E-state index is 12.7. The van der Waals surface area contributed by atoms with Gasteiger partial charge in [-0.3, -0.25) is 4.79 Å². The summed E-state index contributed by atoms with van der Waals surface area (Å²) in [5.74, 6) is 1.49. The molecule has 2 bridgehead atoms. The number of nitrogens with one attached hydrogen (secondary N) is 1. The first kappa shape index (κ1) is 21.9. The minimum Gasteiger partial charge on any atom is -0.353 e. The molecule has 3 N–H and O–H groups in total. The van der Waals surface area contributed by atoms with Gasteiger partial charge in [-0.25, -0.2) is 12.7 Å². The van der Waals surface area contributed by atoms with Crippen molar-refractivity contribution in [3.8, 4) is 0 Å². The molecular weight excluding hydrogens is 374 g/mol. The molecule has 3 aliphatic rings. The van der Waals surface area contributed by atoms with Gasteiger partial charge in [0.15, 0.2) is 0 Å². The second kappa shape index (κ2) is 9.22. The Kier molecular flexibility index (Phi) is 7.77. The average molecular weight is 408 g/mol. The molecule has 0 aromatic heterocycles. The molecule has 0 radical (unpaired) electrons. The van der Waals surface area contributed by atoms with Crippen LogP contribution >= 0.6 is 12.4 Å². The molecule has 0 spiro atoms. The molecule has 152 valence electrons. The summed E-state index contributed by atoms with van der Waals surface area (Å²) in [6.07, 6.45) is 7.50. The average Bonchev–Trinajstić information content (AvgIpc) is 2.55. The highest BCUT2D eigenvalue weighted by Gasteiger charge is 2.41. The maximum Gasteiger partial charge on any atom is 0.223 e. The molecule has 3 fully saturated rings. The monoisotopic (exact) mass is 407 g/mol. The summed E-state index contributed by atoms with van der Waals surface area (Å²) in [6.45, 7) is 2.93. The molecule has 26 heavy (non-hydrogen) atoms. The Bertz CT molecular complexity index is 564. The van der Waals surface area contributed by atoms with Gasteiger partial charge in [0, 0.05) is 31.1 Å². The molecular formula is C18H34ClN3O3S. The van der Waals surface area contributed by atoms with E-state index >= 15 is 0 Å². The zero-order valence-corrected chi connectivity index (χ0v) is 17.4. The number of nitrogens with two attached hydrogens (primary N) is 1. The third-order valence-electron chi connectivity index (χ3n) is 6.44. The summed E-state index contributed by atoms with van der Waals surface area (Å²) >= 11 is 0. The highest BCUT2D eigenvalue weighted by molar-refractivity contribution is 7.89. The largest absolute Gasteiger partial charge is 0.353 e. The Morgan fingerprint density at radius 2 is 1.69 bits per heavy atom. The fourth-order valence-electron chi connectivity index (χ4n) is 4.99. The quantitative estimate of drug-likeness (QED) is 0.727. The van der Waals surface area contributed by atoms with Gasteiger partial charge in [0.2, 0.25) is 15.9 Å². The van der Waals surface area contributed by atoms with Crippen molar-refractivity contribution in [3.05, 3.63) is 0 Å². The van der Waals surface area contributed by atoms with E-state index in [1.165, 1.54) is 6.42 Å². The van der Waals surface area contributed by atoms with E-state index in [0.717, 1.165) is 25.7 Å². The van der Waals surface area contributed by atoms with E-state index in [0.29, 0.717) is 44.2 Å². The lowest BCUT2D eigenvalue weighted by molar-refractivity contribution is -0.128. The molecule has 2 aliphatic carbocycles. The van der Waals surface area contributed by atoms with E-state index in [4.69, 9.17) is 5.73 Å². The molecule has 2 saturated carbocycles. The van der Waals surface area contributed by atoms with Gasteiger partial charge in [-0.15, -0.1) is 12.4 Å². The van der Waals surface area contributed by atoms with Crippen LogP contribution in [0.2, 0.25) is 0 Å². The van der Waals surface area contributed by atoms with Gasteiger partial charge in [0.1, 0.15) is 0 Å². The number of halogens is 1. The SMILES string of the molecule is CCCS(=O)(=O)N1CCC(NC(=O)C2CC3CCCC(C2)C3N)CC1.Cl. The van der Waals surface area contributed by atoms with Crippen LogP contribution in [0.5, 0.6) is 0 Å². The molecule has 1 amide bonds. The lowest BCUT2D eigenvalue weighted by atomic mass is 9.65. The highest BCUT2D eigenvalue weighted by Crippen LogP contribution is 2.42. The number of fused-ring (bicyclic) bond motifs is 2. The van der Waals surface area contributed by atoms with Crippen molar-refractivity contribution >= 4 is 28.3 Å². The predicted octanol–water partition coefficient (Wildman–Crippen LogP) is 1.88. The molecule has 6 nitrogen and oxygen atoms in total. The van der Waals surface area contributed by atoms with Gasteiger partial charge in [0.25, 0.3) is 0 Å². The number of carbonyl (C=O) groups is 1. The summed E-state index contributed by atoms with van der Waals surface area (Å²) in [6, 6.07) is 0.390. The van der Waals surface area contributed by atoms with Crippen molar-refractivity contribution in [2.75, 3.05) is 18.8 Å². The summed E-state index contributed by atoms with van der Waals surface area (Å²) in [5.41, 5.74) is 6.32. The normalized spacial score (nSPS) is 33.3. The fraction of sp³-hybridized carbons (Fsp3) is 0.944. The Morgan fingerprint density at radius 3 is 2.23 bits per heavy atom. The van der Waals surface area contributed by atoms with Crippen LogP contribution in [0, 0.1) is 17.8 Å². The van der Waals surface area contributed by atoms with Gasteiger partial charge in [-0.1, -0.05) is 13.3 Å². The molecule has 2 atom stereocenters. The number of nitrogens with zero attached hydrogens (tertiary/aromatic N) is 1. The number of amides is 1. The van der Waals surface area contributed by atoms with Crippen LogP contribution in [0.4, 0.5) is 0 Å².